The first kappa shape index (κ1) is 11.8. The predicted octanol–water partition coefficient (Wildman–Crippen LogP) is 3.20. The summed E-state index contributed by atoms with van der Waals surface area (Å²) in [5.41, 5.74) is 8.82. The first-order chi connectivity index (χ1) is 8.04. The van der Waals surface area contributed by atoms with Crippen LogP contribution < -0.4 is 10.5 Å². The Morgan fingerprint density at radius 2 is 2.06 bits per heavy atom. The molecule has 0 amide bonds. The Morgan fingerprint density at radius 1 is 1.35 bits per heavy atom. The van der Waals surface area contributed by atoms with Gasteiger partial charge >= 0.3 is 0 Å². The molecule has 2 rings (SSSR count). The first-order valence-electron chi connectivity index (χ1n) is 5.11. The maximum absolute atomic E-state index is 6.23. The molecule has 1 aromatic heterocycles. The van der Waals surface area contributed by atoms with Crippen LogP contribution in [-0.4, -0.2) is 12.3 Å². The van der Waals surface area contributed by atoms with E-state index in [-0.39, 0.29) is 5.88 Å². The number of aryl methyl sites for hydroxylation is 1. The zero-order valence-corrected chi connectivity index (χ0v) is 10.6. The largest absolute Gasteiger partial charge is 0.496 e. The fraction of sp³-hybridized carbons (Fsp3) is 0.250. The molecule has 0 unspecified atom stereocenters. The molecule has 4 nitrogen and oxygen atoms in total. The zero-order valence-electron chi connectivity index (χ0n) is 9.87. The van der Waals surface area contributed by atoms with E-state index in [1.807, 2.05) is 19.9 Å². The van der Waals surface area contributed by atoms with Crippen LogP contribution in [-0.2, 0) is 0 Å². The summed E-state index contributed by atoms with van der Waals surface area (Å²) in [5, 5.41) is 4.48. The number of benzene rings is 1. The third-order valence-electron chi connectivity index (χ3n) is 2.64. The molecule has 0 aliphatic heterocycles. The van der Waals surface area contributed by atoms with Gasteiger partial charge in [-0.25, -0.2) is 0 Å². The average Bonchev–Trinajstić information content (AvgIpc) is 2.64. The summed E-state index contributed by atoms with van der Waals surface area (Å²) in [4.78, 5) is 0. The summed E-state index contributed by atoms with van der Waals surface area (Å²) < 4.78 is 10.2. The molecule has 17 heavy (non-hydrogen) atoms. The number of nitrogen functional groups attached to an aromatic ring is 1. The van der Waals surface area contributed by atoms with Crippen molar-refractivity contribution in [2.45, 2.75) is 13.8 Å². The molecule has 0 saturated carbocycles. The number of methoxy groups -OCH3 is 1. The number of rotatable bonds is 2. The molecule has 1 heterocycles. The Labute approximate surface area is 104 Å². The van der Waals surface area contributed by atoms with Gasteiger partial charge in [0.25, 0.3) is 0 Å². The van der Waals surface area contributed by atoms with Crippen LogP contribution in [0.15, 0.2) is 16.7 Å². The molecule has 0 saturated heterocycles. The molecular weight excluding hydrogens is 240 g/mol. The highest BCUT2D eigenvalue weighted by molar-refractivity contribution is 6.33. The fourth-order valence-corrected chi connectivity index (χ4v) is 2.35. The van der Waals surface area contributed by atoms with Crippen molar-refractivity contribution < 1.29 is 9.26 Å². The molecule has 5 heteroatoms. The van der Waals surface area contributed by atoms with Crippen LogP contribution in [0, 0.1) is 13.8 Å². The lowest BCUT2D eigenvalue weighted by atomic mass is 10.0. The van der Waals surface area contributed by atoms with Crippen LogP contribution in [0.4, 0.5) is 5.88 Å². The Balaban J connectivity index is 2.69. The molecule has 0 fully saturated rings. The van der Waals surface area contributed by atoms with Crippen LogP contribution in [0.1, 0.15) is 11.1 Å². The minimum absolute atomic E-state index is 0.259. The van der Waals surface area contributed by atoms with E-state index in [2.05, 4.69) is 5.16 Å². The highest BCUT2D eigenvalue weighted by atomic mass is 35.5. The number of ether oxygens (including phenoxy) is 1. The highest BCUT2D eigenvalue weighted by Crippen LogP contribution is 2.38. The smallest absolute Gasteiger partial charge is 0.222 e. The third-order valence-corrected chi connectivity index (χ3v) is 2.94. The van der Waals surface area contributed by atoms with Crippen molar-refractivity contribution in [3.05, 3.63) is 28.3 Å². The second-order valence-corrected chi connectivity index (χ2v) is 4.23. The topological polar surface area (TPSA) is 61.3 Å². The first-order valence-corrected chi connectivity index (χ1v) is 5.48. The number of nitrogens with zero attached hydrogens (tertiary/aromatic N) is 1. The van der Waals surface area contributed by atoms with E-state index >= 15 is 0 Å². The minimum Gasteiger partial charge on any atom is -0.496 e. The number of nitrogens with two attached hydrogens (primary N) is 1. The standard InChI is InChI=1S/C12H13ClN2O2/c1-6-4-8(13)11(7(2)12(6)16-3)9-5-10(14)17-15-9/h4-5H,14H2,1-3H3. The molecule has 0 bridgehead atoms. The highest BCUT2D eigenvalue weighted by Gasteiger charge is 2.17. The van der Waals surface area contributed by atoms with Gasteiger partial charge in [-0.3, -0.25) is 0 Å². The quantitative estimate of drug-likeness (QED) is 0.892. The Morgan fingerprint density at radius 3 is 2.59 bits per heavy atom. The van der Waals surface area contributed by atoms with E-state index in [1.165, 1.54) is 0 Å². The maximum Gasteiger partial charge on any atom is 0.222 e. The van der Waals surface area contributed by atoms with E-state index < -0.39 is 0 Å². The number of halogens is 1. The van der Waals surface area contributed by atoms with Gasteiger partial charge in [-0.05, 0) is 25.5 Å². The van der Waals surface area contributed by atoms with E-state index in [1.54, 1.807) is 13.2 Å². The van der Waals surface area contributed by atoms with Crippen LogP contribution in [0.25, 0.3) is 11.3 Å². The summed E-state index contributed by atoms with van der Waals surface area (Å²) in [7, 11) is 1.63. The molecule has 2 N–H and O–H groups in total. The fourth-order valence-electron chi connectivity index (χ4n) is 1.95. The number of aromatic nitrogens is 1. The Hall–Kier alpha value is -1.68. The van der Waals surface area contributed by atoms with Gasteiger partial charge in [0, 0.05) is 17.2 Å². The molecule has 1 aromatic carbocycles. The number of hydrogen-bond acceptors (Lipinski definition) is 4. The summed E-state index contributed by atoms with van der Waals surface area (Å²) in [6, 6.07) is 3.48. The maximum atomic E-state index is 6.23. The molecular formula is C12H13ClN2O2. The van der Waals surface area contributed by atoms with Crippen LogP contribution in [0.3, 0.4) is 0 Å². The second kappa shape index (κ2) is 4.30. The van der Waals surface area contributed by atoms with Gasteiger partial charge in [-0.2, -0.15) is 0 Å². The average molecular weight is 253 g/mol. The van der Waals surface area contributed by atoms with Gasteiger partial charge in [-0.15, -0.1) is 0 Å². The molecule has 0 atom stereocenters. The lowest BCUT2D eigenvalue weighted by Gasteiger charge is -2.13. The van der Waals surface area contributed by atoms with Crippen molar-refractivity contribution in [3.63, 3.8) is 0 Å². The zero-order chi connectivity index (χ0) is 12.6. The van der Waals surface area contributed by atoms with Crippen LogP contribution in [0.5, 0.6) is 5.75 Å². The van der Waals surface area contributed by atoms with Gasteiger partial charge in [0.2, 0.25) is 5.88 Å². The van der Waals surface area contributed by atoms with Crippen LogP contribution >= 0.6 is 11.6 Å². The van der Waals surface area contributed by atoms with Gasteiger partial charge in [-0.1, -0.05) is 16.8 Å². The molecule has 0 radical (unpaired) electrons. The second-order valence-electron chi connectivity index (χ2n) is 3.82. The van der Waals surface area contributed by atoms with E-state index in [9.17, 15) is 0 Å². The van der Waals surface area contributed by atoms with Crippen molar-refractivity contribution in [2.24, 2.45) is 0 Å². The SMILES string of the molecule is COc1c(C)cc(Cl)c(-c2cc(N)on2)c1C. The lowest BCUT2D eigenvalue weighted by molar-refractivity contribution is 0.408. The van der Waals surface area contributed by atoms with E-state index in [0.29, 0.717) is 10.7 Å². The normalized spacial score (nSPS) is 10.6. The van der Waals surface area contributed by atoms with Crippen LogP contribution in [0.2, 0.25) is 5.02 Å². The molecule has 0 spiro atoms. The van der Waals surface area contributed by atoms with E-state index in [4.69, 9.17) is 26.6 Å². The monoisotopic (exact) mass is 252 g/mol. The van der Waals surface area contributed by atoms with Crippen molar-refractivity contribution in [1.82, 2.24) is 5.16 Å². The van der Waals surface area contributed by atoms with Crippen molar-refractivity contribution in [1.29, 1.82) is 0 Å². The minimum atomic E-state index is 0.259. The molecule has 0 aliphatic carbocycles. The Bertz CT molecular complexity index is 564. The van der Waals surface area contributed by atoms with Crippen molar-refractivity contribution in [2.75, 3.05) is 12.8 Å². The molecule has 2 aromatic rings. The number of anilines is 1. The molecule has 90 valence electrons. The number of hydrogen-bond donors (Lipinski definition) is 1. The summed E-state index contributed by atoms with van der Waals surface area (Å²) in [5.74, 6) is 1.06. The van der Waals surface area contributed by atoms with Crippen molar-refractivity contribution >= 4 is 17.5 Å². The predicted molar refractivity (Wildman–Crippen MR) is 67.4 cm³/mol. The summed E-state index contributed by atoms with van der Waals surface area (Å²) in [6.07, 6.45) is 0. The summed E-state index contributed by atoms with van der Waals surface area (Å²) >= 11 is 6.23. The Kier molecular flexibility index (Phi) is 2.98. The summed E-state index contributed by atoms with van der Waals surface area (Å²) in [6.45, 7) is 3.87. The lowest BCUT2D eigenvalue weighted by Crippen LogP contribution is -1.95. The van der Waals surface area contributed by atoms with Gasteiger partial charge in [0.15, 0.2) is 0 Å². The van der Waals surface area contributed by atoms with Gasteiger partial charge in [0.05, 0.1) is 12.1 Å². The molecule has 0 aliphatic rings. The third kappa shape index (κ3) is 1.96. The van der Waals surface area contributed by atoms with Gasteiger partial charge in [0.1, 0.15) is 11.4 Å². The van der Waals surface area contributed by atoms with Gasteiger partial charge < -0.3 is 15.0 Å². The van der Waals surface area contributed by atoms with E-state index in [0.717, 1.165) is 22.4 Å². The van der Waals surface area contributed by atoms with Crippen molar-refractivity contribution in [3.8, 4) is 17.0 Å².